The van der Waals surface area contributed by atoms with E-state index in [9.17, 15) is 22.8 Å². The van der Waals surface area contributed by atoms with Gasteiger partial charge in [-0.2, -0.15) is 0 Å². The SMILES string of the molecule is COc1ccc(CNC(=O)[C@H](C)OC(=O)c2ccc(OC(F)(F)F)cc2)cc1. The van der Waals surface area contributed by atoms with Gasteiger partial charge in [0, 0.05) is 6.54 Å². The van der Waals surface area contributed by atoms with Gasteiger partial charge in [0.2, 0.25) is 0 Å². The zero-order valence-electron chi connectivity index (χ0n) is 15.1. The van der Waals surface area contributed by atoms with Crippen LogP contribution in [0.4, 0.5) is 13.2 Å². The Morgan fingerprint density at radius 1 is 1.00 bits per heavy atom. The normalized spacial score (nSPS) is 12.0. The summed E-state index contributed by atoms with van der Waals surface area (Å²) < 4.78 is 50.2. The highest BCUT2D eigenvalue weighted by molar-refractivity contribution is 5.92. The van der Waals surface area contributed by atoms with Gasteiger partial charge in [-0.15, -0.1) is 13.2 Å². The summed E-state index contributed by atoms with van der Waals surface area (Å²) in [5.41, 5.74) is 0.817. The maximum absolute atomic E-state index is 12.1. The molecule has 9 heteroatoms. The lowest BCUT2D eigenvalue weighted by Crippen LogP contribution is -2.35. The van der Waals surface area contributed by atoms with E-state index < -0.39 is 30.1 Å². The molecule has 0 aromatic heterocycles. The van der Waals surface area contributed by atoms with Crippen LogP contribution in [0.3, 0.4) is 0 Å². The van der Waals surface area contributed by atoms with Crippen LogP contribution < -0.4 is 14.8 Å². The summed E-state index contributed by atoms with van der Waals surface area (Å²) in [5.74, 6) is -1.13. The van der Waals surface area contributed by atoms with Gasteiger partial charge in [0.15, 0.2) is 6.10 Å². The van der Waals surface area contributed by atoms with E-state index in [2.05, 4.69) is 10.1 Å². The molecule has 2 rings (SSSR count). The number of nitrogens with one attached hydrogen (secondary N) is 1. The summed E-state index contributed by atoms with van der Waals surface area (Å²) in [7, 11) is 1.55. The molecule has 0 saturated carbocycles. The second-order valence-corrected chi connectivity index (χ2v) is 5.69. The van der Waals surface area contributed by atoms with E-state index in [1.165, 1.54) is 6.92 Å². The number of alkyl halides is 3. The summed E-state index contributed by atoms with van der Waals surface area (Å²) >= 11 is 0. The second kappa shape index (κ2) is 9.12. The Morgan fingerprint density at radius 2 is 1.57 bits per heavy atom. The molecule has 150 valence electrons. The number of hydrogen-bond acceptors (Lipinski definition) is 5. The number of hydrogen-bond donors (Lipinski definition) is 1. The first-order valence-corrected chi connectivity index (χ1v) is 8.15. The van der Waals surface area contributed by atoms with Gasteiger partial charge >= 0.3 is 12.3 Å². The molecule has 0 aliphatic heterocycles. The van der Waals surface area contributed by atoms with Gasteiger partial charge in [0.25, 0.3) is 5.91 Å². The van der Waals surface area contributed by atoms with Gasteiger partial charge in [-0.25, -0.2) is 4.79 Å². The van der Waals surface area contributed by atoms with E-state index in [4.69, 9.17) is 9.47 Å². The van der Waals surface area contributed by atoms with Crippen LogP contribution in [0.25, 0.3) is 0 Å². The molecule has 1 N–H and O–H groups in total. The van der Waals surface area contributed by atoms with E-state index in [-0.39, 0.29) is 12.1 Å². The third-order valence-electron chi connectivity index (χ3n) is 3.60. The maximum Gasteiger partial charge on any atom is 0.573 e. The number of carbonyl (C=O) groups is 2. The van der Waals surface area contributed by atoms with Crippen LogP contribution >= 0.6 is 0 Å². The molecule has 28 heavy (non-hydrogen) atoms. The topological polar surface area (TPSA) is 73.9 Å². The van der Waals surface area contributed by atoms with Gasteiger partial charge < -0.3 is 19.5 Å². The summed E-state index contributed by atoms with van der Waals surface area (Å²) in [5, 5.41) is 2.63. The molecule has 0 unspecified atom stereocenters. The van der Waals surface area contributed by atoms with E-state index in [1.54, 1.807) is 31.4 Å². The first kappa shape index (κ1) is 21.1. The van der Waals surface area contributed by atoms with Crippen LogP contribution in [0.5, 0.6) is 11.5 Å². The van der Waals surface area contributed by atoms with E-state index >= 15 is 0 Å². The largest absolute Gasteiger partial charge is 0.573 e. The molecule has 0 bridgehead atoms. The highest BCUT2D eigenvalue weighted by atomic mass is 19.4. The van der Waals surface area contributed by atoms with Gasteiger partial charge in [0.05, 0.1) is 12.7 Å². The van der Waals surface area contributed by atoms with E-state index in [0.717, 1.165) is 29.8 Å². The molecule has 0 radical (unpaired) electrons. The Hall–Kier alpha value is -3.23. The molecule has 2 aromatic rings. The molecule has 0 aliphatic rings. The van der Waals surface area contributed by atoms with Crippen molar-refractivity contribution in [3.63, 3.8) is 0 Å². The Bertz CT molecular complexity index is 804. The van der Waals surface area contributed by atoms with Crippen molar-refractivity contribution in [2.45, 2.75) is 25.9 Å². The first-order valence-electron chi connectivity index (χ1n) is 8.15. The molecular formula is C19H18F3NO5. The minimum absolute atomic E-state index is 0.00988. The number of ether oxygens (including phenoxy) is 3. The summed E-state index contributed by atoms with van der Waals surface area (Å²) in [6.07, 6.45) is -5.91. The van der Waals surface area contributed by atoms with Crippen molar-refractivity contribution in [3.8, 4) is 11.5 Å². The lowest BCUT2D eigenvalue weighted by atomic mass is 10.2. The summed E-state index contributed by atoms with van der Waals surface area (Å²) in [6.45, 7) is 1.62. The molecule has 2 aromatic carbocycles. The lowest BCUT2D eigenvalue weighted by molar-refractivity contribution is -0.274. The monoisotopic (exact) mass is 397 g/mol. The second-order valence-electron chi connectivity index (χ2n) is 5.69. The van der Waals surface area contributed by atoms with Crippen molar-refractivity contribution < 1.29 is 37.0 Å². The minimum Gasteiger partial charge on any atom is -0.497 e. The number of esters is 1. The summed E-state index contributed by atoms with van der Waals surface area (Å²) in [6, 6.07) is 11.3. The molecule has 0 fully saturated rings. The molecule has 0 heterocycles. The predicted octanol–water partition coefficient (Wildman–Crippen LogP) is 3.46. The lowest BCUT2D eigenvalue weighted by Gasteiger charge is -2.14. The first-order chi connectivity index (χ1) is 13.2. The van der Waals surface area contributed by atoms with Crippen molar-refractivity contribution >= 4 is 11.9 Å². The molecular weight excluding hydrogens is 379 g/mol. The van der Waals surface area contributed by atoms with Crippen LogP contribution in [-0.2, 0) is 16.1 Å². The van der Waals surface area contributed by atoms with Crippen LogP contribution in [0.2, 0.25) is 0 Å². The highest BCUT2D eigenvalue weighted by Crippen LogP contribution is 2.23. The van der Waals surface area contributed by atoms with Crippen molar-refractivity contribution in [2.24, 2.45) is 0 Å². The molecule has 0 aliphatic carbocycles. The van der Waals surface area contributed by atoms with Crippen LogP contribution in [0.1, 0.15) is 22.8 Å². The smallest absolute Gasteiger partial charge is 0.497 e. The third kappa shape index (κ3) is 6.49. The standard InChI is InChI=1S/C19H18F3NO5/c1-12(17(24)23-11-13-3-7-15(26-2)8-4-13)27-18(25)14-5-9-16(10-6-14)28-19(20,21)22/h3-10,12H,11H2,1-2H3,(H,23,24)/t12-/m0/s1. The fourth-order valence-corrected chi connectivity index (χ4v) is 2.15. The number of methoxy groups -OCH3 is 1. The molecule has 0 spiro atoms. The maximum atomic E-state index is 12.1. The fourth-order valence-electron chi connectivity index (χ4n) is 2.15. The molecule has 6 nitrogen and oxygen atoms in total. The van der Waals surface area contributed by atoms with Crippen molar-refractivity contribution in [2.75, 3.05) is 7.11 Å². The Labute approximate surface area is 159 Å². The number of halogens is 3. The van der Waals surface area contributed by atoms with Crippen molar-refractivity contribution in [1.82, 2.24) is 5.32 Å². The van der Waals surface area contributed by atoms with Crippen LogP contribution in [0.15, 0.2) is 48.5 Å². The van der Waals surface area contributed by atoms with Crippen LogP contribution in [0, 0.1) is 0 Å². The van der Waals surface area contributed by atoms with Gasteiger partial charge in [-0.05, 0) is 48.9 Å². The number of rotatable bonds is 7. The highest BCUT2D eigenvalue weighted by Gasteiger charge is 2.31. The number of benzene rings is 2. The van der Waals surface area contributed by atoms with Gasteiger partial charge in [-0.1, -0.05) is 12.1 Å². The Kier molecular flexibility index (Phi) is 6.86. The quantitative estimate of drug-likeness (QED) is 0.725. The molecule has 0 saturated heterocycles. The zero-order chi connectivity index (χ0) is 20.7. The fraction of sp³-hybridized carbons (Fsp3) is 0.263. The average Bonchev–Trinajstić information content (AvgIpc) is 2.65. The molecule has 1 amide bonds. The van der Waals surface area contributed by atoms with E-state index in [0.29, 0.717) is 5.75 Å². The zero-order valence-corrected chi connectivity index (χ0v) is 15.1. The Balaban J connectivity index is 1.85. The Morgan fingerprint density at radius 3 is 2.11 bits per heavy atom. The van der Waals surface area contributed by atoms with Gasteiger partial charge in [0.1, 0.15) is 11.5 Å². The predicted molar refractivity (Wildman–Crippen MR) is 92.8 cm³/mol. The third-order valence-corrected chi connectivity index (χ3v) is 3.60. The number of carbonyl (C=O) groups excluding carboxylic acids is 2. The van der Waals surface area contributed by atoms with Crippen LogP contribution in [-0.4, -0.2) is 31.5 Å². The average molecular weight is 397 g/mol. The van der Waals surface area contributed by atoms with Gasteiger partial charge in [-0.3, -0.25) is 4.79 Å². The van der Waals surface area contributed by atoms with Crippen molar-refractivity contribution in [3.05, 3.63) is 59.7 Å². The minimum atomic E-state index is -4.82. The van der Waals surface area contributed by atoms with Crippen molar-refractivity contribution in [1.29, 1.82) is 0 Å². The number of amides is 1. The molecule has 1 atom stereocenters. The summed E-state index contributed by atoms with van der Waals surface area (Å²) in [4.78, 5) is 24.1. The van der Waals surface area contributed by atoms with E-state index in [1.807, 2.05) is 0 Å².